The van der Waals surface area contributed by atoms with E-state index in [1.165, 1.54) is 0 Å². The molecule has 3 heterocycles. The third-order valence-corrected chi connectivity index (χ3v) is 4.99. The lowest BCUT2D eigenvalue weighted by atomic mass is 10.1. The molecule has 29 heavy (non-hydrogen) atoms. The van der Waals surface area contributed by atoms with Crippen molar-refractivity contribution in [2.75, 3.05) is 19.7 Å². The van der Waals surface area contributed by atoms with Crippen LogP contribution in [0.5, 0.6) is 0 Å². The largest absolute Gasteiger partial charge is 0.374 e. The van der Waals surface area contributed by atoms with Gasteiger partial charge in [0.2, 0.25) is 0 Å². The zero-order chi connectivity index (χ0) is 19.5. The summed E-state index contributed by atoms with van der Waals surface area (Å²) in [5.74, 6) is 0. The van der Waals surface area contributed by atoms with Crippen LogP contribution in [0.1, 0.15) is 0 Å². The van der Waals surface area contributed by atoms with E-state index in [4.69, 9.17) is 9.84 Å². The molecule has 0 aliphatic carbocycles. The van der Waals surface area contributed by atoms with Crippen molar-refractivity contribution >= 4 is 0 Å². The molecule has 1 aliphatic heterocycles. The van der Waals surface area contributed by atoms with E-state index in [0.717, 1.165) is 47.9 Å². The first-order valence-corrected chi connectivity index (χ1v) is 9.80. The van der Waals surface area contributed by atoms with Gasteiger partial charge in [-0.2, -0.15) is 5.10 Å². The van der Waals surface area contributed by atoms with Gasteiger partial charge in [-0.1, -0.05) is 53.7 Å². The number of morpholine rings is 1. The highest BCUT2D eigenvalue weighted by atomic mass is 16.5. The maximum absolute atomic E-state index is 5.78. The standard InChI is InChI=1S/C22H22N6O/c1-3-7-17(8-4-1)22-20(15-28(25-22)18-9-5-2-6-10-18)21-16-27(26-24-21)14-19-13-23-11-12-29-19/h1-10,15-16,19,23H,11-14H2/t19-/m0/s1. The van der Waals surface area contributed by atoms with Crippen molar-refractivity contribution in [3.8, 4) is 28.2 Å². The average molecular weight is 386 g/mol. The van der Waals surface area contributed by atoms with Crippen LogP contribution < -0.4 is 5.32 Å². The van der Waals surface area contributed by atoms with Gasteiger partial charge >= 0.3 is 0 Å². The van der Waals surface area contributed by atoms with Gasteiger partial charge < -0.3 is 10.1 Å². The van der Waals surface area contributed by atoms with E-state index in [-0.39, 0.29) is 6.10 Å². The van der Waals surface area contributed by atoms with Crippen LogP contribution >= 0.6 is 0 Å². The van der Waals surface area contributed by atoms with Crippen molar-refractivity contribution < 1.29 is 4.74 Å². The Morgan fingerprint density at radius 2 is 1.79 bits per heavy atom. The predicted octanol–water partition coefficient (Wildman–Crippen LogP) is 2.79. The van der Waals surface area contributed by atoms with Crippen LogP contribution in [0.3, 0.4) is 0 Å². The van der Waals surface area contributed by atoms with Gasteiger partial charge in [-0.05, 0) is 12.1 Å². The Hall–Kier alpha value is -3.29. The molecule has 5 rings (SSSR count). The topological polar surface area (TPSA) is 69.8 Å². The van der Waals surface area contributed by atoms with Crippen molar-refractivity contribution in [2.45, 2.75) is 12.6 Å². The molecule has 7 nitrogen and oxygen atoms in total. The van der Waals surface area contributed by atoms with Gasteiger partial charge in [0.1, 0.15) is 11.4 Å². The number of rotatable bonds is 5. The second-order valence-corrected chi connectivity index (χ2v) is 7.06. The fraction of sp³-hybridized carbons (Fsp3) is 0.227. The minimum absolute atomic E-state index is 0.110. The zero-order valence-corrected chi connectivity index (χ0v) is 16.0. The minimum Gasteiger partial charge on any atom is -0.374 e. The maximum Gasteiger partial charge on any atom is 0.116 e. The first kappa shape index (κ1) is 17.8. The molecular weight excluding hydrogens is 364 g/mol. The van der Waals surface area contributed by atoms with E-state index < -0.39 is 0 Å². The predicted molar refractivity (Wildman–Crippen MR) is 111 cm³/mol. The molecule has 1 aliphatic rings. The molecule has 1 N–H and O–H groups in total. The van der Waals surface area contributed by atoms with Crippen molar-refractivity contribution in [1.82, 2.24) is 30.1 Å². The van der Waals surface area contributed by atoms with E-state index in [1.807, 2.05) is 70.3 Å². The molecule has 2 aromatic heterocycles. The zero-order valence-electron chi connectivity index (χ0n) is 16.0. The van der Waals surface area contributed by atoms with Crippen molar-refractivity contribution in [2.24, 2.45) is 0 Å². The van der Waals surface area contributed by atoms with Crippen molar-refractivity contribution in [3.05, 3.63) is 73.1 Å². The fourth-order valence-electron chi connectivity index (χ4n) is 3.54. The molecule has 4 aromatic rings. The molecule has 0 radical (unpaired) electrons. The van der Waals surface area contributed by atoms with Gasteiger partial charge in [0.15, 0.2) is 0 Å². The third-order valence-electron chi connectivity index (χ3n) is 4.99. The molecule has 1 fully saturated rings. The molecule has 7 heteroatoms. The molecule has 0 saturated carbocycles. The van der Waals surface area contributed by atoms with E-state index >= 15 is 0 Å². The first-order valence-electron chi connectivity index (χ1n) is 9.80. The fourth-order valence-corrected chi connectivity index (χ4v) is 3.54. The Balaban J connectivity index is 1.51. The number of ether oxygens (including phenoxy) is 1. The summed E-state index contributed by atoms with van der Waals surface area (Å²) in [5.41, 5.74) is 4.69. The summed E-state index contributed by atoms with van der Waals surface area (Å²) < 4.78 is 9.53. The summed E-state index contributed by atoms with van der Waals surface area (Å²) >= 11 is 0. The normalized spacial score (nSPS) is 16.8. The van der Waals surface area contributed by atoms with Crippen LogP contribution in [0.4, 0.5) is 0 Å². The van der Waals surface area contributed by atoms with Crippen LogP contribution in [-0.2, 0) is 11.3 Å². The number of nitrogens with one attached hydrogen (secondary N) is 1. The Morgan fingerprint density at radius 3 is 2.55 bits per heavy atom. The second kappa shape index (κ2) is 7.98. The lowest BCUT2D eigenvalue weighted by Gasteiger charge is -2.23. The molecule has 0 bridgehead atoms. The van der Waals surface area contributed by atoms with Crippen LogP contribution in [-0.4, -0.2) is 50.6 Å². The molecule has 0 spiro atoms. The lowest BCUT2D eigenvalue weighted by Crippen LogP contribution is -2.40. The SMILES string of the molecule is c1ccc(-c2nn(-c3ccccc3)cc2-c2cn(C[C@@H]3CNCCO3)nn2)cc1. The van der Waals surface area contributed by atoms with Gasteiger partial charge in [0.05, 0.1) is 36.7 Å². The summed E-state index contributed by atoms with van der Waals surface area (Å²) in [6.45, 7) is 3.14. The Kier molecular flexibility index (Phi) is 4.90. The molecule has 1 saturated heterocycles. The summed E-state index contributed by atoms with van der Waals surface area (Å²) in [7, 11) is 0. The van der Waals surface area contributed by atoms with Gasteiger partial charge in [-0.15, -0.1) is 5.10 Å². The van der Waals surface area contributed by atoms with Crippen molar-refractivity contribution in [1.29, 1.82) is 0 Å². The summed E-state index contributed by atoms with van der Waals surface area (Å²) in [6, 6.07) is 20.3. The summed E-state index contributed by atoms with van der Waals surface area (Å²) in [6.07, 6.45) is 4.10. The molecule has 146 valence electrons. The molecule has 2 aromatic carbocycles. The summed E-state index contributed by atoms with van der Waals surface area (Å²) in [5, 5.41) is 17.0. The van der Waals surface area contributed by atoms with E-state index in [9.17, 15) is 0 Å². The van der Waals surface area contributed by atoms with Crippen LogP contribution in [0.25, 0.3) is 28.2 Å². The van der Waals surface area contributed by atoms with Gasteiger partial charge in [-0.3, -0.25) is 0 Å². The van der Waals surface area contributed by atoms with E-state index in [2.05, 4.69) is 27.8 Å². The first-order chi connectivity index (χ1) is 14.4. The number of hydrogen-bond acceptors (Lipinski definition) is 5. The van der Waals surface area contributed by atoms with E-state index in [0.29, 0.717) is 6.54 Å². The molecule has 0 amide bonds. The maximum atomic E-state index is 5.78. The molecule has 0 unspecified atom stereocenters. The highest BCUT2D eigenvalue weighted by molar-refractivity contribution is 5.78. The van der Waals surface area contributed by atoms with Crippen LogP contribution in [0.2, 0.25) is 0 Å². The number of benzene rings is 2. The number of hydrogen-bond donors (Lipinski definition) is 1. The van der Waals surface area contributed by atoms with Crippen LogP contribution in [0.15, 0.2) is 73.1 Å². The molecule has 1 atom stereocenters. The van der Waals surface area contributed by atoms with E-state index in [1.54, 1.807) is 0 Å². The van der Waals surface area contributed by atoms with Gasteiger partial charge in [0, 0.05) is 24.8 Å². The number of para-hydroxylation sites is 1. The smallest absolute Gasteiger partial charge is 0.116 e. The number of aromatic nitrogens is 5. The minimum atomic E-state index is 0.110. The van der Waals surface area contributed by atoms with Gasteiger partial charge in [-0.25, -0.2) is 9.36 Å². The second-order valence-electron chi connectivity index (χ2n) is 7.06. The monoisotopic (exact) mass is 386 g/mol. The van der Waals surface area contributed by atoms with Crippen molar-refractivity contribution in [3.63, 3.8) is 0 Å². The number of nitrogens with zero attached hydrogens (tertiary/aromatic N) is 5. The quantitative estimate of drug-likeness (QED) is 0.571. The lowest BCUT2D eigenvalue weighted by molar-refractivity contribution is 0.0158. The Labute approximate surface area is 168 Å². The van der Waals surface area contributed by atoms with Gasteiger partial charge in [0.25, 0.3) is 0 Å². The highest BCUT2D eigenvalue weighted by Crippen LogP contribution is 2.30. The average Bonchev–Trinajstić information content (AvgIpc) is 3.43. The Morgan fingerprint density at radius 1 is 1.00 bits per heavy atom. The Bertz CT molecular complexity index is 1070. The highest BCUT2D eigenvalue weighted by Gasteiger charge is 2.19. The molecular formula is C22H22N6O. The third kappa shape index (κ3) is 3.83. The van der Waals surface area contributed by atoms with Crippen LogP contribution in [0, 0.1) is 0 Å². The summed E-state index contributed by atoms with van der Waals surface area (Å²) in [4.78, 5) is 0.